The van der Waals surface area contributed by atoms with Crippen LogP contribution in [-0.2, 0) is 17.6 Å². The summed E-state index contributed by atoms with van der Waals surface area (Å²) in [5.41, 5.74) is 2.49. The van der Waals surface area contributed by atoms with Gasteiger partial charge < -0.3 is 14.7 Å². The van der Waals surface area contributed by atoms with Crippen molar-refractivity contribution in [3.05, 3.63) is 22.9 Å². The summed E-state index contributed by atoms with van der Waals surface area (Å²) in [4.78, 5) is 18.2. The smallest absolute Gasteiger partial charge is 0.339 e. The molecule has 3 rings (SSSR count). The molecule has 108 valence electrons. The average molecular weight is 276 g/mol. The molecule has 0 spiro atoms. The zero-order valence-corrected chi connectivity index (χ0v) is 11.9. The SMILES string of the molecule is C[C@@H]1CN(c2nc3c(cc2C(=O)O)CCC3)C[C@H](C)O1. The molecule has 2 heterocycles. The Morgan fingerprint density at radius 3 is 2.70 bits per heavy atom. The van der Waals surface area contributed by atoms with Crippen molar-refractivity contribution in [2.75, 3.05) is 18.0 Å². The molecule has 5 heteroatoms. The van der Waals surface area contributed by atoms with E-state index in [1.807, 2.05) is 19.9 Å². The zero-order valence-electron chi connectivity index (χ0n) is 11.9. The Kier molecular flexibility index (Phi) is 3.38. The lowest BCUT2D eigenvalue weighted by atomic mass is 10.1. The maximum atomic E-state index is 11.5. The van der Waals surface area contributed by atoms with Crippen molar-refractivity contribution in [2.45, 2.75) is 45.3 Å². The summed E-state index contributed by atoms with van der Waals surface area (Å²) in [5, 5.41) is 9.46. The summed E-state index contributed by atoms with van der Waals surface area (Å²) in [5.74, 6) is -0.283. The fourth-order valence-corrected chi connectivity index (χ4v) is 3.21. The number of fused-ring (bicyclic) bond motifs is 1. The molecule has 1 aliphatic heterocycles. The van der Waals surface area contributed by atoms with E-state index in [9.17, 15) is 9.90 Å². The van der Waals surface area contributed by atoms with Crippen molar-refractivity contribution in [1.82, 2.24) is 4.98 Å². The normalized spacial score (nSPS) is 25.6. The molecule has 1 aromatic heterocycles. The highest BCUT2D eigenvalue weighted by atomic mass is 16.5. The molecular weight excluding hydrogens is 256 g/mol. The highest BCUT2D eigenvalue weighted by Crippen LogP contribution is 2.29. The molecule has 0 aromatic carbocycles. The number of hydrogen-bond donors (Lipinski definition) is 1. The molecule has 1 saturated heterocycles. The predicted molar refractivity (Wildman–Crippen MR) is 75.4 cm³/mol. The van der Waals surface area contributed by atoms with Gasteiger partial charge in [0.15, 0.2) is 0 Å². The summed E-state index contributed by atoms with van der Waals surface area (Å²) < 4.78 is 5.71. The van der Waals surface area contributed by atoms with Gasteiger partial charge in [-0.15, -0.1) is 0 Å². The van der Waals surface area contributed by atoms with Gasteiger partial charge >= 0.3 is 5.97 Å². The van der Waals surface area contributed by atoms with Crippen molar-refractivity contribution in [1.29, 1.82) is 0 Å². The van der Waals surface area contributed by atoms with Crippen molar-refractivity contribution in [3.8, 4) is 0 Å². The van der Waals surface area contributed by atoms with Crippen LogP contribution < -0.4 is 4.90 Å². The number of carbonyl (C=O) groups is 1. The van der Waals surface area contributed by atoms with Gasteiger partial charge in [-0.1, -0.05) is 0 Å². The third-order valence-corrected chi connectivity index (χ3v) is 3.98. The van der Waals surface area contributed by atoms with Gasteiger partial charge in [0.1, 0.15) is 11.4 Å². The van der Waals surface area contributed by atoms with Crippen LogP contribution in [0.2, 0.25) is 0 Å². The van der Waals surface area contributed by atoms with E-state index in [1.165, 1.54) is 0 Å². The minimum Gasteiger partial charge on any atom is -0.478 e. The van der Waals surface area contributed by atoms with E-state index >= 15 is 0 Å². The van der Waals surface area contributed by atoms with Gasteiger partial charge in [0.25, 0.3) is 0 Å². The molecule has 2 atom stereocenters. The number of anilines is 1. The minimum absolute atomic E-state index is 0.0930. The van der Waals surface area contributed by atoms with E-state index in [2.05, 4.69) is 9.88 Å². The van der Waals surface area contributed by atoms with E-state index < -0.39 is 5.97 Å². The molecule has 0 amide bonds. The average Bonchev–Trinajstić information content (AvgIpc) is 2.83. The Balaban J connectivity index is 2.01. The number of aryl methyl sites for hydroxylation is 2. The number of aromatic nitrogens is 1. The van der Waals surface area contributed by atoms with E-state index in [0.717, 1.165) is 30.5 Å². The van der Waals surface area contributed by atoms with Crippen molar-refractivity contribution in [2.24, 2.45) is 0 Å². The van der Waals surface area contributed by atoms with Crippen LogP contribution in [-0.4, -0.2) is 41.4 Å². The molecule has 0 bridgehead atoms. The van der Waals surface area contributed by atoms with Crippen LogP contribution in [0.3, 0.4) is 0 Å². The Bertz CT molecular complexity index is 534. The number of rotatable bonds is 2. The number of carboxylic acids is 1. The number of pyridine rings is 1. The second-order valence-corrected chi connectivity index (χ2v) is 5.79. The topological polar surface area (TPSA) is 62.7 Å². The third kappa shape index (κ3) is 2.38. The first-order valence-corrected chi connectivity index (χ1v) is 7.21. The summed E-state index contributed by atoms with van der Waals surface area (Å²) in [7, 11) is 0. The van der Waals surface area contributed by atoms with Crippen molar-refractivity contribution in [3.63, 3.8) is 0 Å². The zero-order chi connectivity index (χ0) is 14.3. The summed E-state index contributed by atoms with van der Waals surface area (Å²) >= 11 is 0. The van der Waals surface area contributed by atoms with Crippen molar-refractivity contribution >= 4 is 11.8 Å². The van der Waals surface area contributed by atoms with E-state index in [-0.39, 0.29) is 12.2 Å². The molecular formula is C15H20N2O3. The first-order valence-electron chi connectivity index (χ1n) is 7.21. The van der Waals surface area contributed by atoms with Crippen LogP contribution in [0.1, 0.15) is 41.9 Å². The highest BCUT2D eigenvalue weighted by molar-refractivity contribution is 5.93. The summed E-state index contributed by atoms with van der Waals surface area (Å²) in [6.45, 7) is 5.40. The molecule has 1 aromatic rings. The molecule has 1 fully saturated rings. The fourth-order valence-electron chi connectivity index (χ4n) is 3.21. The van der Waals surface area contributed by atoms with Crippen molar-refractivity contribution < 1.29 is 14.6 Å². The first-order chi connectivity index (χ1) is 9.54. The van der Waals surface area contributed by atoms with Gasteiger partial charge in [0.2, 0.25) is 0 Å². The van der Waals surface area contributed by atoms with E-state index in [0.29, 0.717) is 24.5 Å². The highest BCUT2D eigenvalue weighted by Gasteiger charge is 2.28. The van der Waals surface area contributed by atoms with Gasteiger partial charge in [0, 0.05) is 18.8 Å². The number of morpholine rings is 1. The second kappa shape index (κ2) is 5.05. The molecule has 0 saturated carbocycles. The Hall–Kier alpha value is -1.62. The number of aromatic carboxylic acids is 1. The Labute approximate surface area is 118 Å². The van der Waals surface area contributed by atoms with Crippen LogP contribution in [0.15, 0.2) is 6.07 Å². The number of ether oxygens (including phenoxy) is 1. The Morgan fingerprint density at radius 1 is 1.35 bits per heavy atom. The molecule has 0 unspecified atom stereocenters. The molecule has 2 aliphatic rings. The first kappa shape index (κ1) is 13.4. The fraction of sp³-hybridized carbons (Fsp3) is 0.600. The van der Waals surface area contributed by atoms with Crippen LogP contribution in [0.5, 0.6) is 0 Å². The van der Waals surface area contributed by atoms with Crippen LogP contribution >= 0.6 is 0 Å². The van der Waals surface area contributed by atoms with E-state index in [4.69, 9.17) is 4.74 Å². The molecule has 1 N–H and O–H groups in total. The lowest BCUT2D eigenvalue weighted by Gasteiger charge is -2.36. The molecule has 5 nitrogen and oxygen atoms in total. The third-order valence-electron chi connectivity index (χ3n) is 3.98. The lowest BCUT2D eigenvalue weighted by molar-refractivity contribution is -0.00557. The van der Waals surface area contributed by atoms with E-state index in [1.54, 1.807) is 0 Å². The number of hydrogen-bond acceptors (Lipinski definition) is 4. The monoisotopic (exact) mass is 276 g/mol. The quantitative estimate of drug-likeness (QED) is 0.893. The lowest BCUT2D eigenvalue weighted by Crippen LogP contribution is -2.46. The van der Waals surface area contributed by atoms with Gasteiger partial charge in [0.05, 0.1) is 12.2 Å². The second-order valence-electron chi connectivity index (χ2n) is 5.79. The van der Waals surface area contributed by atoms with Crippen LogP contribution in [0.25, 0.3) is 0 Å². The summed E-state index contributed by atoms with van der Waals surface area (Å²) in [6, 6.07) is 1.82. The molecule has 1 aliphatic carbocycles. The van der Waals surface area contributed by atoms with Gasteiger partial charge in [-0.05, 0) is 44.7 Å². The molecule has 20 heavy (non-hydrogen) atoms. The minimum atomic E-state index is -0.894. The number of carboxylic acid groups (broad SMARTS) is 1. The Morgan fingerprint density at radius 2 is 2.05 bits per heavy atom. The largest absolute Gasteiger partial charge is 0.478 e. The number of nitrogens with zero attached hydrogens (tertiary/aromatic N) is 2. The maximum Gasteiger partial charge on any atom is 0.339 e. The van der Waals surface area contributed by atoms with Gasteiger partial charge in [-0.25, -0.2) is 9.78 Å². The predicted octanol–water partition coefficient (Wildman–Crippen LogP) is 1.88. The molecule has 0 radical (unpaired) electrons. The summed E-state index contributed by atoms with van der Waals surface area (Å²) in [6.07, 6.45) is 3.16. The maximum absolute atomic E-state index is 11.5. The van der Waals surface area contributed by atoms with Crippen LogP contribution in [0, 0.1) is 0 Å². The van der Waals surface area contributed by atoms with Gasteiger partial charge in [-0.3, -0.25) is 0 Å². The standard InChI is InChI=1S/C15H20N2O3/c1-9-7-17(8-10(2)20-9)14-12(15(18)19)6-11-4-3-5-13(11)16-14/h6,9-10H,3-5,7-8H2,1-2H3,(H,18,19)/t9-,10+. The van der Waals surface area contributed by atoms with Gasteiger partial charge in [-0.2, -0.15) is 0 Å². The van der Waals surface area contributed by atoms with Crippen LogP contribution in [0.4, 0.5) is 5.82 Å².